The summed E-state index contributed by atoms with van der Waals surface area (Å²) in [6.07, 6.45) is -3.67. The monoisotopic (exact) mass is 486 g/mol. The van der Waals surface area contributed by atoms with Gasteiger partial charge in [0.25, 0.3) is 0 Å². The highest BCUT2D eigenvalue weighted by atomic mass is 19.4. The molecule has 2 N–H and O–H groups in total. The molecule has 1 atom stereocenters. The highest BCUT2D eigenvalue weighted by Crippen LogP contribution is 2.31. The third kappa shape index (κ3) is 6.49. The first-order chi connectivity index (χ1) is 16.5. The highest BCUT2D eigenvalue weighted by molar-refractivity contribution is 5.92. The van der Waals surface area contributed by atoms with E-state index < -0.39 is 11.7 Å². The summed E-state index contributed by atoms with van der Waals surface area (Å²) in [5, 5.41) is 10.1. The standard InChI is InChI=1S/C26H29F3N4O2/c1-5-16(2)25(35)31-21-10-6-8-19(12-21)15-30-24(34)14-23-17(3)32-33(18(23)4)22-11-7-9-20(13-22)26(27,28)29/h6-13,16H,5,14-15H2,1-4H3,(H,30,34)(H,31,35). The Balaban J connectivity index is 1.67. The van der Waals surface area contributed by atoms with Gasteiger partial charge >= 0.3 is 6.18 Å². The maximum Gasteiger partial charge on any atom is 0.416 e. The molecule has 186 valence electrons. The van der Waals surface area contributed by atoms with Crippen molar-refractivity contribution in [2.75, 3.05) is 5.32 Å². The lowest BCUT2D eigenvalue weighted by molar-refractivity contribution is -0.137. The number of anilines is 1. The number of carbonyl (C=O) groups excluding carboxylic acids is 2. The minimum absolute atomic E-state index is 0.0427. The largest absolute Gasteiger partial charge is 0.416 e. The zero-order valence-corrected chi connectivity index (χ0v) is 20.2. The molecule has 0 aliphatic rings. The SMILES string of the molecule is CCC(C)C(=O)Nc1cccc(CNC(=O)Cc2c(C)nn(-c3cccc(C(F)(F)F)c3)c2C)c1. The summed E-state index contributed by atoms with van der Waals surface area (Å²) in [5.74, 6) is -0.395. The predicted molar refractivity (Wildman–Crippen MR) is 128 cm³/mol. The van der Waals surface area contributed by atoms with Crippen LogP contribution >= 0.6 is 0 Å². The molecule has 6 nitrogen and oxygen atoms in total. The quantitative estimate of drug-likeness (QED) is 0.451. The molecule has 2 amide bonds. The summed E-state index contributed by atoms with van der Waals surface area (Å²) in [6.45, 7) is 7.53. The fourth-order valence-corrected chi connectivity index (χ4v) is 3.63. The number of nitrogens with zero attached hydrogens (tertiary/aromatic N) is 2. The average molecular weight is 487 g/mol. The molecule has 0 aliphatic heterocycles. The number of carbonyl (C=O) groups is 2. The van der Waals surface area contributed by atoms with Gasteiger partial charge < -0.3 is 10.6 Å². The molecule has 0 saturated heterocycles. The second-order valence-electron chi connectivity index (χ2n) is 8.56. The van der Waals surface area contributed by atoms with E-state index in [1.807, 2.05) is 26.0 Å². The number of alkyl halides is 3. The van der Waals surface area contributed by atoms with Crippen molar-refractivity contribution in [2.24, 2.45) is 5.92 Å². The molecular formula is C26H29F3N4O2. The van der Waals surface area contributed by atoms with Crippen molar-refractivity contribution in [3.8, 4) is 5.69 Å². The topological polar surface area (TPSA) is 76.0 Å². The van der Waals surface area contributed by atoms with Gasteiger partial charge in [-0.15, -0.1) is 0 Å². The predicted octanol–water partition coefficient (Wildman–Crippen LogP) is 5.35. The van der Waals surface area contributed by atoms with Gasteiger partial charge in [0.2, 0.25) is 11.8 Å². The molecule has 3 aromatic rings. The van der Waals surface area contributed by atoms with Crippen LogP contribution in [0.2, 0.25) is 0 Å². The van der Waals surface area contributed by atoms with Gasteiger partial charge in [0.15, 0.2) is 0 Å². The Kier molecular flexibility index (Phi) is 7.99. The van der Waals surface area contributed by atoms with Crippen LogP contribution in [0.4, 0.5) is 18.9 Å². The van der Waals surface area contributed by atoms with Crippen molar-refractivity contribution >= 4 is 17.5 Å². The Morgan fingerprint density at radius 2 is 1.80 bits per heavy atom. The van der Waals surface area contributed by atoms with E-state index in [4.69, 9.17) is 0 Å². The minimum Gasteiger partial charge on any atom is -0.352 e. The molecule has 1 unspecified atom stereocenters. The van der Waals surface area contributed by atoms with Gasteiger partial charge in [0.1, 0.15) is 0 Å². The maximum atomic E-state index is 13.1. The number of rotatable bonds is 8. The van der Waals surface area contributed by atoms with Crippen molar-refractivity contribution in [1.82, 2.24) is 15.1 Å². The van der Waals surface area contributed by atoms with E-state index in [1.165, 1.54) is 10.7 Å². The van der Waals surface area contributed by atoms with Crippen LogP contribution in [0.3, 0.4) is 0 Å². The third-order valence-corrected chi connectivity index (χ3v) is 5.94. The van der Waals surface area contributed by atoms with Crippen molar-refractivity contribution in [1.29, 1.82) is 0 Å². The number of hydrogen-bond acceptors (Lipinski definition) is 3. The molecule has 9 heteroatoms. The van der Waals surface area contributed by atoms with Crippen LogP contribution in [0.5, 0.6) is 0 Å². The molecular weight excluding hydrogens is 457 g/mol. The Labute approximate surface area is 202 Å². The van der Waals surface area contributed by atoms with E-state index in [2.05, 4.69) is 15.7 Å². The van der Waals surface area contributed by atoms with E-state index in [1.54, 1.807) is 32.0 Å². The van der Waals surface area contributed by atoms with E-state index in [0.717, 1.165) is 24.1 Å². The summed E-state index contributed by atoms with van der Waals surface area (Å²) < 4.78 is 40.7. The summed E-state index contributed by atoms with van der Waals surface area (Å²) in [5.41, 5.74) is 2.85. The van der Waals surface area contributed by atoms with Crippen molar-refractivity contribution < 1.29 is 22.8 Å². The second-order valence-corrected chi connectivity index (χ2v) is 8.56. The second kappa shape index (κ2) is 10.8. The smallest absolute Gasteiger partial charge is 0.352 e. The summed E-state index contributed by atoms with van der Waals surface area (Å²) in [7, 11) is 0. The van der Waals surface area contributed by atoms with Crippen molar-refractivity contribution in [3.63, 3.8) is 0 Å². The number of aromatic nitrogens is 2. The van der Waals surface area contributed by atoms with Crippen LogP contribution in [-0.4, -0.2) is 21.6 Å². The first-order valence-electron chi connectivity index (χ1n) is 11.4. The number of aryl methyl sites for hydroxylation is 1. The van der Waals surface area contributed by atoms with E-state index >= 15 is 0 Å². The Morgan fingerprint density at radius 1 is 1.09 bits per heavy atom. The maximum absolute atomic E-state index is 13.1. The van der Waals surface area contributed by atoms with E-state index in [-0.39, 0.29) is 36.4 Å². The Hall–Kier alpha value is -3.62. The summed E-state index contributed by atoms with van der Waals surface area (Å²) in [6, 6.07) is 12.2. The molecule has 3 rings (SSSR count). The van der Waals surface area contributed by atoms with Crippen molar-refractivity contribution in [2.45, 2.75) is 53.3 Å². The first-order valence-corrected chi connectivity index (χ1v) is 11.4. The molecule has 1 aromatic heterocycles. The van der Waals surface area contributed by atoms with Gasteiger partial charge in [-0.1, -0.05) is 32.0 Å². The summed E-state index contributed by atoms with van der Waals surface area (Å²) in [4.78, 5) is 24.8. The average Bonchev–Trinajstić information content (AvgIpc) is 3.10. The zero-order chi connectivity index (χ0) is 25.8. The lowest BCUT2D eigenvalue weighted by Crippen LogP contribution is -2.25. The van der Waals surface area contributed by atoms with Crippen molar-refractivity contribution in [3.05, 3.63) is 76.6 Å². The first kappa shape index (κ1) is 26.0. The van der Waals surface area contributed by atoms with Gasteiger partial charge in [-0.2, -0.15) is 18.3 Å². The van der Waals surface area contributed by atoms with Gasteiger partial charge in [-0.3, -0.25) is 9.59 Å². The number of amides is 2. The van der Waals surface area contributed by atoms with Crippen LogP contribution in [0, 0.1) is 19.8 Å². The summed E-state index contributed by atoms with van der Waals surface area (Å²) >= 11 is 0. The number of halogens is 3. The van der Waals surface area contributed by atoms with Crippen LogP contribution in [-0.2, 0) is 28.7 Å². The lowest BCUT2D eigenvalue weighted by Gasteiger charge is -2.12. The molecule has 35 heavy (non-hydrogen) atoms. The molecule has 2 aromatic carbocycles. The molecule has 0 fully saturated rings. The highest BCUT2D eigenvalue weighted by Gasteiger charge is 2.30. The van der Waals surface area contributed by atoms with E-state index in [9.17, 15) is 22.8 Å². The molecule has 0 radical (unpaired) electrons. The Morgan fingerprint density at radius 3 is 2.49 bits per heavy atom. The Bertz CT molecular complexity index is 1220. The van der Waals surface area contributed by atoms with E-state index in [0.29, 0.717) is 22.6 Å². The normalized spacial score (nSPS) is 12.3. The number of hydrogen-bond donors (Lipinski definition) is 2. The molecule has 0 bridgehead atoms. The van der Waals surface area contributed by atoms with Crippen LogP contribution in [0.1, 0.15) is 48.3 Å². The van der Waals surface area contributed by atoms with Gasteiger partial charge in [0, 0.05) is 29.4 Å². The zero-order valence-electron chi connectivity index (χ0n) is 20.2. The number of benzene rings is 2. The fraction of sp³-hybridized carbons (Fsp3) is 0.346. The fourth-order valence-electron chi connectivity index (χ4n) is 3.63. The minimum atomic E-state index is -4.46. The van der Waals surface area contributed by atoms with Gasteiger partial charge in [-0.05, 0) is 56.2 Å². The number of nitrogens with one attached hydrogen (secondary N) is 2. The van der Waals surface area contributed by atoms with Gasteiger partial charge in [0.05, 0.1) is 23.4 Å². The van der Waals surface area contributed by atoms with Crippen LogP contribution < -0.4 is 10.6 Å². The van der Waals surface area contributed by atoms with Crippen LogP contribution in [0.15, 0.2) is 48.5 Å². The molecule has 1 heterocycles. The van der Waals surface area contributed by atoms with Gasteiger partial charge in [-0.25, -0.2) is 4.68 Å². The lowest BCUT2D eigenvalue weighted by atomic mass is 10.1. The molecule has 0 saturated carbocycles. The molecule has 0 spiro atoms. The van der Waals surface area contributed by atoms with Crippen LogP contribution in [0.25, 0.3) is 5.69 Å². The molecule has 0 aliphatic carbocycles. The third-order valence-electron chi connectivity index (χ3n) is 5.94.